The van der Waals surface area contributed by atoms with Crippen LogP contribution in [0.3, 0.4) is 0 Å². The average molecular weight is 214 g/mol. The Labute approximate surface area is 96.5 Å². The molecule has 0 fully saturated rings. The van der Waals surface area contributed by atoms with E-state index in [0.29, 0.717) is 0 Å². The number of pyridine rings is 1. The summed E-state index contributed by atoms with van der Waals surface area (Å²) in [4.78, 5) is 4.47. The molecule has 2 N–H and O–H groups in total. The number of nitrogens with zero attached hydrogens (tertiary/aromatic N) is 1. The maximum atomic E-state index is 5.48. The highest BCUT2D eigenvalue weighted by Gasteiger charge is 2.00. The summed E-state index contributed by atoms with van der Waals surface area (Å²) in [6.07, 6.45) is 6.45. The molecule has 1 aromatic heterocycles. The number of aromatic nitrogens is 1. The molecule has 1 heterocycles. The van der Waals surface area contributed by atoms with Gasteiger partial charge in [0.05, 0.1) is 0 Å². The van der Waals surface area contributed by atoms with Crippen molar-refractivity contribution in [1.82, 2.24) is 4.98 Å². The largest absolute Gasteiger partial charge is 0.330 e. The van der Waals surface area contributed by atoms with E-state index >= 15 is 0 Å². The molecule has 1 aromatic carbocycles. The third-order valence-corrected chi connectivity index (χ3v) is 2.87. The number of nitrogens with two attached hydrogens (primary N) is 1. The molecule has 2 nitrogen and oxygen atoms in total. The highest BCUT2D eigenvalue weighted by Crippen LogP contribution is 2.17. The molecular weight excluding hydrogens is 196 g/mol. The van der Waals surface area contributed by atoms with Crippen LogP contribution in [0.2, 0.25) is 0 Å². The quantitative estimate of drug-likeness (QED) is 0.777. The first-order chi connectivity index (χ1) is 7.92. The maximum absolute atomic E-state index is 5.48. The van der Waals surface area contributed by atoms with E-state index in [0.717, 1.165) is 19.4 Å². The topological polar surface area (TPSA) is 38.9 Å². The predicted molar refractivity (Wildman–Crippen MR) is 68.4 cm³/mol. The van der Waals surface area contributed by atoms with Crippen molar-refractivity contribution in [3.05, 3.63) is 42.2 Å². The molecular formula is C14H18N2. The number of hydrogen-bond donors (Lipinski definition) is 1. The number of aryl methyl sites for hydroxylation is 1. The van der Waals surface area contributed by atoms with Crippen LogP contribution in [0, 0.1) is 0 Å². The first kappa shape index (κ1) is 11.1. The van der Waals surface area contributed by atoms with E-state index in [-0.39, 0.29) is 0 Å². The molecule has 2 aromatic rings. The molecule has 0 saturated heterocycles. The van der Waals surface area contributed by atoms with E-state index in [4.69, 9.17) is 5.73 Å². The van der Waals surface area contributed by atoms with E-state index < -0.39 is 0 Å². The average Bonchev–Trinajstić information content (AvgIpc) is 2.35. The Morgan fingerprint density at radius 2 is 1.88 bits per heavy atom. The summed E-state index contributed by atoms with van der Waals surface area (Å²) in [5.41, 5.74) is 6.70. The van der Waals surface area contributed by atoms with Gasteiger partial charge in [0, 0.05) is 17.3 Å². The Bertz CT molecular complexity index is 446. The fraction of sp³-hybridized carbons (Fsp3) is 0.357. The van der Waals surface area contributed by atoms with Gasteiger partial charge >= 0.3 is 0 Å². The second kappa shape index (κ2) is 5.61. The van der Waals surface area contributed by atoms with Gasteiger partial charge < -0.3 is 5.73 Å². The van der Waals surface area contributed by atoms with E-state index in [9.17, 15) is 0 Å². The standard InChI is InChI=1S/C14H18N2/c15-10-5-1-2-8-14-13-7-4-3-6-12(13)9-11-16-14/h3-4,6-7,9,11H,1-2,5,8,10,15H2. The summed E-state index contributed by atoms with van der Waals surface area (Å²) < 4.78 is 0. The Hall–Kier alpha value is -1.41. The van der Waals surface area contributed by atoms with Crippen LogP contribution in [-0.2, 0) is 6.42 Å². The van der Waals surface area contributed by atoms with Crippen LogP contribution in [0.25, 0.3) is 10.8 Å². The lowest BCUT2D eigenvalue weighted by atomic mass is 10.1. The highest BCUT2D eigenvalue weighted by atomic mass is 14.7. The van der Waals surface area contributed by atoms with Gasteiger partial charge in [0.25, 0.3) is 0 Å². The second-order valence-electron chi connectivity index (χ2n) is 4.08. The minimum atomic E-state index is 0.795. The van der Waals surface area contributed by atoms with E-state index in [2.05, 4.69) is 35.3 Å². The molecule has 0 unspecified atom stereocenters. The summed E-state index contributed by atoms with van der Waals surface area (Å²) >= 11 is 0. The van der Waals surface area contributed by atoms with Crippen molar-refractivity contribution in [2.24, 2.45) is 5.73 Å². The number of hydrogen-bond acceptors (Lipinski definition) is 2. The van der Waals surface area contributed by atoms with E-state index in [1.807, 2.05) is 6.20 Å². The maximum Gasteiger partial charge on any atom is 0.0481 e. The van der Waals surface area contributed by atoms with E-state index in [1.54, 1.807) is 0 Å². The summed E-state index contributed by atoms with van der Waals surface area (Å²) in [5.74, 6) is 0. The lowest BCUT2D eigenvalue weighted by Gasteiger charge is -2.04. The summed E-state index contributed by atoms with van der Waals surface area (Å²) in [6, 6.07) is 10.5. The monoisotopic (exact) mass is 214 g/mol. The van der Waals surface area contributed by atoms with Crippen molar-refractivity contribution >= 4 is 10.8 Å². The highest BCUT2D eigenvalue weighted by molar-refractivity contribution is 5.84. The van der Waals surface area contributed by atoms with Gasteiger partial charge in [-0.1, -0.05) is 30.7 Å². The first-order valence-corrected chi connectivity index (χ1v) is 5.94. The van der Waals surface area contributed by atoms with Gasteiger partial charge in [-0.25, -0.2) is 0 Å². The molecule has 0 aliphatic rings. The predicted octanol–water partition coefficient (Wildman–Crippen LogP) is 2.91. The van der Waals surface area contributed by atoms with Gasteiger partial charge in [-0.15, -0.1) is 0 Å². The number of fused-ring (bicyclic) bond motifs is 1. The molecule has 2 heteroatoms. The number of rotatable bonds is 5. The molecule has 0 atom stereocenters. The number of unbranched alkanes of at least 4 members (excludes halogenated alkanes) is 2. The minimum Gasteiger partial charge on any atom is -0.330 e. The molecule has 0 aliphatic heterocycles. The zero-order valence-corrected chi connectivity index (χ0v) is 9.52. The molecule has 16 heavy (non-hydrogen) atoms. The smallest absolute Gasteiger partial charge is 0.0481 e. The zero-order valence-electron chi connectivity index (χ0n) is 9.52. The van der Waals surface area contributed by atoms with Crippen molar-refractivity contribution < 1.29 is 0 Å². The van der Waals surface area contributed by atoms with Crippen LogP contribution in [0.15, 0.2) is 36.5 Å². The lowest BCUT2D eigenvalue weighted by molar-refractivity contribution is 0.681. The van der Waals surface area contributed by atoms with Crippen molar-refractivity contribution in [3.8, 4) is 0 Å². The lowest BCUT2D eigenvalue weighted by Crippen LogP contribution is -1.99. The fourth-order valence-electron chi connectivity index (χ4n) is 2.00. The van der Waals surface area contributed by atoms with Gasteiger partial charge in [0.1, 0.15) is 0 Å². The van der Waals surface area contributed by atoms with Gasteiger partial charge in [0.2, 0.25) is 0 Å². The Morgan fingerprint density at radius 1 is 1.00 bits per heavy atom. The first-order valence-electron chi connectivity index (χ1n) is 5.94. The Morgan fingerprint density at radius 3 is 2.75 bits per heavy atom. The van der Waals surface area contributed by atoms with Crippen LogP contribution < -0.4 is 5.73 Å². The van der Waals surface area contributed by atoms with Crippen molar-refractivity contribution in [1.29, 1.82) is 0 Å². The third-order valence-electron chi connectivity index (χ3n) is 2.87. The molecule has 0 bridgehead atoms. The molecule has 0 radical (unpaired) electrons. The number of benzene rings is 1. The molecule has 84 valence electrons. The SMILES string of the molecule is NCCCCCc1nccc2ccccc12. The second-order valence-corrected chi connectivity index (χ2v) is 4.08. The zero-order chi connectivity index (χ0) is 11.2. The normalized spacial score (nSPS) is 10.8. The van der Waals surface area contributed by atoms with E-state index in [1.165, 1.54) is 29.3 Å². The van der Waals surface area contributed by atoms with Crippen LogP contribution >= 0.6 is 0 Å². The van der Waals surface area contributed by atoms with Crippen LogP contribution in [-0.4, -0.2) is 11.5 Å². The van der Waals surface area contributed by atoms with Crippen LogP contribution in [0.5, 0.6) is 0 Å². The van der Waals surface area contributed by atoms with Gasteiger partial charge in [-0.05, 0) is 37.3 Å². The van der Waals surface area contributed by atoms with Gasteiger partial charge in [-0.2, -0.15) is 0 Å². The summed E-state index contributed by atoms with van der Waals surface area (Å²) in [6.45, 7) is 0.795. The van der Waals surface area contributed by atoms with Crippen LogP contribution in [0.1, 0.15) is 25.0 Å². The minimum absolute atomic E-state index is 0.795. The molecule has 0 saturated carbocycles. The molecule has 0 aliphatic carbocycles. The van der Waals surface area contributed by atoms with Gasteiger partial charge in [0.15, 0.2) is 0 Å². The summed E-state index contributed by atoms with van der Waals surface area (Å²) in [5, 5.41) is 2.57. The summed E-state index contributed by atoms with van der Waals surface area (Å²) in [7, 11) is 0. The van der Waals surface area contributed by atoms with Gasteiger partial charge in [-0.3, -0.25) is 4.98 Å². The molecule has 2 rings (SSSR count). The van der Waals surface area contributed by atoms with Crippen molar-refractivity contribution in [2.75, 3.05) is 6.54 Å². The van der Waals surface area contributed by atoms with Crippen molar-refractivity contribution in [2.45, 2.75) is 25.7 Å². The van der Waals surface area contributed by atoms with Crippen molar-refractivity contribution in [3.63, 3.8) is 0 Å². The Balaban J connectivity index is 2.11. The molecule has 0 amide bonds. The van der Waals surface area contributed by atoms with Crippen LogP contribution in [0.4, 0.5) is 0 Å². The molecule has 0 spiro atoms. The Kier molecular flexibility index (Phi) is 3.89. The third kappa shape index (κ3) is 2.58. The fourth-order valence-corrected chi connectivity index (χ4v) is 2.00.